The topological polar surface area (TPSA) is 123 Å². The first-order valence-corrected chi connectivity index (χ1v) is 11.2. The SMILES string of the molecule is O=C(NNC(=O)c1ccc(CSc2ccc(C(F)(F)F)cn2)o1)c1csc(-c2cnccn2)n1. The summed E-state index contributed by atoms with van der Waals surface area (Å²) < 4.78 is 43.2. The van der Waals surface area contributed by atoms with Crippen molar-refractivity contribution in [1.82, 2.24) is 30.8 Å². The second kappa shape index (κ2) is 10.0. The van der Waals surface area contributed by atoms with E-state index in [1.165, 1.54) is 47.4 Å². The number of pyridine rings is 1. The van der Waals surface area contributed by atoms with Gasteiger partial charge in [-0.3, -0.25) is 30.4 Å². The molecule has 4 rings (SSSR count). The number of alkyl halides is 3. The third kappa shape index (κ3) is 5.77. The number of hydrogen-bond acceptors (Lipinski definition) is 9. The van der Waals surface area contributed by atoms with Crippen LogP contribution in [0.4, 0.5) is 13.2 Å². The number of nitrogens with one attached hydrogen (secondary N) is 2. The van der Waals surface area contributed by atoms with Gasteiger partial charge in [0.2, 0.25) is 0 Å². The Labute approximate surface area is 197 Å². The van der Waals surface area contributed by atoms with Crippen LogP contribution in [0.2, 0.25) is 0 Å². The zero-order valence-electron chi connectivity index (χ0n) is 16.9. The molecule has 4 aromatic heterocycles. The highest BCUT2D eigenvalue weighted by Gasteiger charge is 2.30. The molecule has 0 unspecified atom stereocenters. The Hall–Kier alpha value is -3.78. The predicted octanol–water partition coefficient (Wildman–Crippen LogP) is 3.97. The number of rotatable bonds is 6. The fourth-order valence-corrected chi connectivity index (χ4v) is 4.00. The average molecular weight is 506 g/mol. The van der Waals surface area contributed by atoms with E-state index in [0.29, 0.717) is 21.5 Å². The number of halogens is 3. The zero-order chi connectivity index (χ0) is 24.1. The average Bonchev–Trinajstić information content (AvgIpc) is 3.52. The molecule has 34 heavy (non-hydrogen) atoms. The minimum atomic E-state index is -4.45. The van der Waals surface area contributed by atoms with Crippen molar-refractivity contribution in [3.63, 3.8) is 0 Å². The number of furan rings is 1. The molecule has 0 radical (unpaired) electrons. The molecule has 0 spiro atoms. The normalized spacial score (nSPS) is 11.3. The molecule has 0 aliphatic rings. The number of thiazole rings is 1. The lowest BCUT2D eigenvalue weighted by Crippen LogP contribution is -2.41. The lowest BCUT2D eigenvalue weighted by Gasteiger charge is -2.06. The van der Waals surface area contributed by atoms with Gasteiger partial charge in [0.05, 0.1) is 22.5 Å². The van der Waals surface area contributed by atoms with Gasteiger partial charge in [-0.15, -0.1) is 11.3 Å². The van der Waals surface area contributed by atoms with E-state index in [1.807, 2.05) is 0 Å². The van der Waals surface area contributed by atoms with Crippen molar-refractivity contribution >= 4 is 34.9 Å². The van der Waals surface area contributed by atoms with E-state index in [-0.39, 0.29) is 17.2 Å². The number of hydrazine groups is 1. The summed E-state index contributed by atoms with van der Waals surface area (Å²) in [5.74, 6) is -0.745. The predicted molar refractivity (Wildman–Crippen MR) is 116 cm³/mol. The lowest BCUT2D eigenvalue weighted by molar-refractivity contribution is -0.137. The quantitative estimate of drug-likeness (QED) is 0.298. The Balaban J connectivity index is 1.28. The van der Waals surface area contributed by atoms with Gasteiger partial charge in [0.15, 0.2) is 5.76 Å². The molecule has 9 nitrogen and oxygen atoms in total. The van der Waals surface area contributed by atoms with E-state index in [2.05, 4.69) is 30.8 Å². The molecule has 174 valence electrons. The largest absolute Gasteiger partial charge is 0.455 e. The molecule has 14 heteroatoms. The minimum Gasteiger partial charge on any atom is -0.455 e. The maximum atomic E-state index is 12.6. The van der Waals surface area contributed by atoms with E-state index in [1.54, 1.807) is 6.07 Å². The molecule has 0 aromatic carbocycles. The summed E-state index contributed by atoms with van der Waals surface area (Å²) in [7, 11) is 0. The van der Waals surface area contributed by atoms with Crippen molar-refractivity contribution < 1.29 is 27.2 Å². The van der Waals surface area contributed by atoms with Crippen molar-refractivity contribution in [3.05, 3.63) is 77.2 Å². The molecule has 0 fully saturated rings. The number of carbonyl (C=O) groups excluding carboxylic acids is 2. The molecule has 4 aromatic rings. The van der Waals surface area contributed by atoms with Gasteiger partial charge in [-0.05, 0) is 24.3 Å². The molecular weight excluding hydrogens is 493 g/mol. The Morgan fingerprint density at radius 3 is 2.56 bits per heavy atom. The summed E-state index contributed by atoms with van der Waals surface area (Å²) in [4.78, 5) is 40.5. The highest BCUT2D eigenvalue weighted by Crippen LogP contribution is 2.30. The second-order valence-electron chi connectivity index (χ2n) is 6.47. The highest BCUT2D eigenvalue weighted by atomic mass is 32.2. The van der Waals surface area contributed by atoms with Crippen molar-refractivity contribution in [2.24, 2.45) is 0 Å². The first kappa shape index (κ1) is 23.4. The molecule has 0 bridgehead atoms. The maximum Gasteiger partial charge on any atom is 0.417 e. The van der Waals surface area contributed by atoms with Gasteiger partial charge in [-0.25, -0.2) is 9.97 Å². The summed E-state index contributed by atoms with van der Waals surface area (Å²) in [6.07, 6.45) is 0.845. The van der Waals surface area contributed by atoms with E-state index in [0.717, 1.165) is 24.0 Å². The molecule has 0 saturated carbocycles. The molecule has 0 aliphatic carbocycles. The molecule has 0 aliphatic heterocycles. The van der Waals surface area contributed by atoms with Gasteiger partial charge in [0.1, 0.15) is 22.2 Å². The summed E-state index contributed by atoms with van der Waals surface area (Å²) in [6.45, 7) is 0. The highest BCUT2D eigenvalue weighted by molar-refractivity contribution is 7.98. The minimum absolute atomic E-state index is 0.0604. The number of nitrogens with zero attached hydrogens (tertiary/aromatic N) is 4. The second-order valence-corrected chi connectivity index (χ2v) is 8.33. The van der Waals surface area contributed by atoms with Crippen molar-refractivity contribution in [3.8, 4) is 10.7 Å². The third-order valence-electron chi connectivity index (χ3n) is 4.12. The van der Waals surface area contributed by atoms with Gasteiger partial charge >= 0.3 is 12.1 Å². The van der Waals surface area contributed by atoms with E-state index < -0.39 is 23.6 Å². The van der Waals surface area contributed by atoms with Gasteiger partial charge < -0.3 is 4.42 Å². The van der Waals surface area contributed by atoms with Gasteiger partial charge in [-0.1, -0.05) is 11.8 Å². The number of thioether (sulfide) groups is 1. The van der Waals surface area contributed by atoms with Gasteiger partial charge in [0, 0.05) is 24.0 Å². The van der Waals surface area contributed by atoms with E-state index in [4.69, 9.17) is 4.42 Å². The van der Waals surface area contributed by atoms with Crippen molar-refractivity contribution in [1.29, 1.82) is 0 Å². The number of amides is 2. The number of carbonyl (C=O) groups is 2. The smallest absolute Gasteiger partial charge is 0.417 e. The molecule has 0 atom stereocenters. The first-order chi connectivity index (χ1) is 16.3. The standard InChI is InChI=1S/C20H13F3N6O3S2/c21-20(22,23)11-1-4-16(26-7-11)33-9-12-2-3-15(32-12)18(31)29-28-17(30)14-10-34-19(27-14)13-8-24-5-6-25-13/h1-8,10H,9H2,(H,28,30)(H,29,31). The van der Waals surface area contributed by atoms with Crippen LogP contribution in [0.3, 0.4) is 0 Å². The molecule has 2 amide bonds. The molecule has 0 saturated heterocycles. The number of hydrogen-bond donors (Lipinski definition) is 2. The van der Waals surface area contributed by atoms with Crippen LogP contribution in [0.25, 0.3) is 10.7 Å². The summed E-state index contributed by atoms with van der Waals surface area (Å²) >= 11 is 2.35. The Bertz CT molecular complexity index is 1290. The fourth-order valence-electron chi connectivity index (χ4n) is 2.50. The van der Waals surface area contributed by atoms with E-state index in [9.17, 15) is 22.8 Å². The van der Waals surface area contributed by atoms with Crippen LogP contribution in [0, 0.1) is 0 Å². The zero-order valence-corrected chi connectivity index (χ0v) is 18.5. The van der Waals surface area contributed by atoms with Crippen LogP contribution in [-0.2, 0) is 11.9 Å². The van der Waals surface area contributed by atoms with Crippen LogP contribution in [0.15, 0.2) is 63.9 Å². The molecule has 2 N–H and O–H groups in total. The van der Waals surface area contributed by atoms with Crippen LogP contribution < -0.4 is 10.9 Å². The maximum absolute atomic E-state index is 12.6. The number of aromatic nitrogens is 4. The van der Waals surface area contributed by atoms with Gasteiger partial charge in [-0.2, -0.15) is 13.2 Å². The summed E-state index contributed by atoms with van der Waals surface area (Å²) in [5.41, 5.74) is 4.25. The first-order valence-electron chi connectivity index (χ1n) is 9.37. The van der Waals surface area contributed by atoms with Crippen LogP contribution in [-0.4, -0.2) is 31.8 Å². The fraction of sp³-hybridized carbons (Fsp3) is 0.100. The summed E-state index contributed by atoms with van der Waals surface area (Å²) in [5, 5.41) is 2.38. The lowest BCUT2D eigenvalue weighted by atomic mass is 10.3. The van der Waals surface area contributed by atoms with Crippen LogP contribution >= 0.6 is 23.1 Å². The molecular formula is C20H13F3N6O3S2. The monoisotopic (exact) mass is 506 g/mol. The Morgan fingerprint density at radius 1 is 1.03 bits per heavy atom. The molecule has 4 heterocycles. The third-order valence-corrected chi connectivity index (χ3v) is 5.95. The van der Waals surface area contributed by atoms with Gasteiger partial charge in [0.25, 0.3) is 5.91 Å². The van der Waals surface area contributed by atoms with Crippen molar-refractivity contribution in [2.75, 3.05) is 0 Å². The van der Waals surface area contributed by atoms with E-state index >= 15 is 0 Å². The summed E-state index contributed by atoms with van der Waals surface area (Å²) in [6, 6.07) is 5.15. The Kier molecular flexibility index (Phi) is 6.88. The van der Waals surface area contributed by atoms with Crippen LogP contribution in [0.5, 0.6) is 0 Å². The van der Waals surface area contributed by atoms with Crippen molar-refractivity contribution in [2.45, 2.75) is 17.0 Å². The Morgan fingerprint density at radius 2 is 1.85 bits per heavy atom. The van der Waals surface area contributed by atoms with Crippen LogP contribution in [0.1, 0.15) is 32.4 Å².